The van der Waals surface area contributed by atoms with Crippen LogP contribution >= 0.6 is 11.3 Å². The molecule has 0 aliphatic heterocycles. The van der Waals surface area contributed by atoms with Gasteiger partial charge in [0.25, 0.3) is 0 Å². The van der Waals surface area contributed by atoms with Crippen molar-refractivity contribution in [3.63, 3.8) is 0 Å². The molecule has 0 bridgehead atoms. The van der Waals surface area contributed by atoms with Crippen LogP contribution in [0.1, 0.15) is 21.8 Å². The third-order valence-corrected chi connectivity index (χ3v) is 5.20. The number of hydrogen-bond donors (Lipinski definition) is 1. The van der Waals surface area contributed by atoms with Crippen molar-refractivity contribution in [1.29, 1.82) is 0 Å². The van der Waals surface area contributed by atoms with Gasteiger partial charge in [-0.2, -0.15) is 0 Å². The number of benzene rings is 1. The number of amides is 1. The molecule has 4 aromatic rings. The molecule has 5 nitrogen and oxygen atoms in total. The second kappa shape index (κ2) is 7.32. The fourth-order valence-corrected chi connectivity index (χ4v) is 3.64. The standard InChI is InChI=1S/C21H20N4OS/c1-14-4-3-9-25-12-18(24-21(14)25)11-22-20(26)10-16-5-7-17(8-6-16)19-13-27-15(2)23-19/h3-9,12-13H,10-11H2,1-2H3,(H,22,26). The Morgan fingerprint density at radius 1 is 1.15 bits per heavy atom. The Balaban J connectivity index is 1.36. The summed E-state index contributed by atoms with van der Waals surface area (Å²) in [6.45, 7) is 4.45. The van der Waals surface area contributed by atoms with E-state index >= 15 is 0 Å². The number of nitrogens with zero attached hydrogens (tertiary/aromatic N) is 3. The summed E-state index contributed by atoms with van der Waals surface area (Å²) in [5.41, 5.74) is 5.93. The smallest absolute Gasteiger partial charge is 0.224 e. The Labute approximate surface area is 161 Å². The Morgan fingerprint density at radius 3 is 2.67 bits per heavy atom. The average Bonchev–Trinajstić information content (AvgIpc) is 3.28. The number of rotatable bonds is 5. The molecule has 0 aliphatic carbocycles. The topological polar surface area (TPSA) is 59.3 Å². The molecule has 6 heteroatoms. The van der Waals surface area contributed by atoms with Crippen molar-refractivity contribution < 1.29 is 4.79 Å². The van der Waals surface area contributed by atoms with Crippen molar-refractivity contribution in [3.8, 4) is 11.3 Å². The van der Waals surface area contributed by atoms with Crippen LogP contribution in [0.2, 0.25) is 0 Å². The van der Waals surface area contributed by atoms with Crippen LogP contribution in [0.25, 0.3) is 16.9 Å². The van der Waals surface area contributed by atoms with Gasteiger partial charge in [-0.05, 0) is 31.0 Å². The average molecular weight is 376 g/mol. The van der Waals surface area contributed by atoms with Crippen LogP contribution in [-0.2, 0) is 17.8 Å². The fourth-order valence-electron chi connectivity index (χ4n) is 3.02. The Kier molecular flexibility index (Phi) is 4.73. The number of carbonyl (C=O) groups is 1. The third-order valence-electron chi connectivity index (χ3n) is 4.43. The Morgan fingerprint density at radius 2 is 1.96 bits per heavy atom. The molecular weight excluding hydrogens is 356 g/mol. The Hall–Kier alpha value is -2.99. The number of imidazole rings is 1. The first-order valence-electron chi connectivity index (χ1n) is 8.80. The summed E-state index contributed by atoms with van der Waals surface area (Å²) in [5.74, 6) is -0.0129. The maximum atomic E-state index is 12.3. The molecule has 0 radical (unpaired) electrons. The second-order valence-electron chi connectivity index (χ2n) is 6.56. The molecule has 0 unspecified atom stereocenters. The molecule has 0 atom stereocenters. The molecule has 1 amide bonds. The summed E-state index contributed by atoms with van der Waals surface area (Å²) in [5, 5.41) is 6.05. The first kappa shape index (κ1) is 17.4. The summed E-state index contributed by atoms with van der Waals surface area (Å²) in [6.07, 6.45) is 4.27. The summed E-state index contributed by atoms with van der Waals surface area (Å²) in [4.78, 5) is 21.3. The van der Waals surface area contributed by atoms with E-state index in [0.29, 0.717) is 13.0 Å². The molecule has 4 rings (SSSR count). The van der Waals surface area contributed by atoms with Gasteiger partial charge in [-0.1, -0.05) is 30.3 Å². The van der Waals surface area contributed by atoms with Gasteiger partial charge in [-0.15, -0.1) is 11.3 Å². The van der Waals surface area contributed by atoms with E-state index in [1.54, 1.807) is 11.3 Å². The maximum Gasteiger partial charge on any atom is 0.224 e. The maximum absolute atomic E-state index is 12.3. The minimum absolute atomic E-state index is 0.0129. The van der Waals surface area contributed by atoms with E-state index in [4.69, 9.17) is 0 Å². The number of aromatic nitrogens is 3. The largest absolute Gasteiger partial charge is 0.350 e. The molecule has 1 N–H and O–H groups in total. The lowest BCUT2D eigenvalue weighted by Gasteiger charge is -2.04. The molecule has 0 fully saturated rings. The lowest BCUT2D eigenvalue weighted by Crippen LogP contribution is -2.24. The highest BCUT2D eigenvalue weighted by atomic mass is 32.1. The number of thiazole rings is 1. The number of nitrogens with one attached hydrogen (secondary N) is 1. The van der Waals surface area contributed by atoms with Crippen molar-refractivity contribution in [2.24, 2.45) is 0 Å². The molecule has 136 valence electrons. The van der Waals surface area contributed by atoms with Gasteiger partial charge in [0, 0.05) is 23.3 Å². The first-order chi connectivity index (χ1) is 13.1. The van der Waals surface area contributed by atoms with Crippen LogP contribution in [0, 0.1) is 13.8 Å². The van der Waals surface area contributed by atoms with E-state index in [1.807, 2.05) is 72.4 Å². The summed E-state index contributed by atoms with van der Waals surface area (Å²) >= 11 is 1.64. The molecule has 0 saturated heterocycles. The number of hydrogen-bond acceptors (Lipinski definition) is 4. The van der Waals surface area contributed by atoms with Crippen molar-refractivity contribution in [3.05, 3.63) is 76.0 Å². The molecule has 0 spiro atoms. The van der Waals surface area contributed by atoms with Gasteiger partial charge in [0.05, 0.1) is 29.4 Å². The molecule has 0 saturated carbocycles. The minimum Gasteiger partial charge on any atom is -0.350 e. The van der Waals surface area contributed by atoms with Crippen LogP contribution in [0.5, 0.6) is 0 Å². The van der Waals surface area contributed by atoms with Gasteiger partial charge >= 0.3 is 0 Å². The molecule has 1 aromatic carbocycles. The highest BCUT2D eigenvalue weighted by molar-refractivity contribution is 7.09. The van der Waals surface area contributed by atoms with Crippen molar-refractivity contribution in [2.45, 2.75) is 26.8 Å². The molecule has 27 heavy (non-hydrogen) atoms. The zero-order valence-electron chi connectivity index (χ0n) is 15.3. The molecule has 3 heterocycles. The highest BCUT2D eigenvalue weighted by Crippen LogP contribution is 2.22. The number of pyridine rings is 1. The van der Waals surface area contributed by atoms with E-state index < -0.39 is 0 Å². The van der Waals surface area contributed by atoms with Gasteiger partial charge in [-0.25, -0.2) is 9.97 Å². The number of aryl methyl sites for hydroxylation is 2. The predicted octanol–water partition coefficient (Wildman–Crippen LogP) is 3.93. The third kappa shape index (κ3) is 3.90. The Bertz CT molecular complexity index is 1100. The summed E-state index contributed by atoms with van der Waals surface area (Å²) < 4.78 is 1.98. The van der Waals surface area contributed by atoms with Gasteiger partial charge in [0.1, 0.15) is 5.65 Å². The molecule has 0 aliphatic rings. The van der Waals surface area contributed by atoms with Gasteiger partial charge < -0.3 is 9.72 Å². The minimum atomic E-state index is -0.0129. The van der Waals surface area contributed by atoms with Crippen molar-refractivity contribution >= 4 is 22.9 Å². The molecular formula is C21H20N4OS. The fraction of sp³-hybridized carbons (Fsp3) is 0.190. The highest BCUT2D eigenvalue weighted by Gasteiger charge is 2.08. The van der Waals surface area contributed by atoms with Crippen LogP contribution in [0.15, 0.2) is 54.2 Å². The zero-order chi connectivity index (χ0) is 18.8. The van der Waals surface area contributed by atoms with E-state index in [0.717, 1.165) is 38.7 Å². The zero-order valence-corrected chi connectivity index (χ0v) is 16.1. The van der Waals surface area contributed by atoms with Crippen LogP contribution in [0.3, 0.4) is 0 Å². The summed E-state index contributed by atoms with van der Waals surface area (Å²) in [7, 11) is 0. The van der Waals surface area contributed by atoms with E-state index in [1.165, 1.54) is 0 Å². The quantitative estimate of drug-likeness (QED) is 0.574. The first-order valence-corrected chi connectivity index (χ1v) is 9.68. The van der Waals surface area contributed by atoms with Crippen molar-refractivity contribution in [1.82, 2.24) is 19.7 Å². The van der Waals surface area contributed by atoms with Crippen molar-refractivity contribution in [2.75, 3.05) is 0 Å². The van der Waals surface area contributed by atoms with Crippen LogP contribution < -0.4 is 5.32 Å². The van der Waals surface area contributed by atoms with E-state index in [2.05, 4.69) is 15.3 Å². The predicted molar refractivity (Wildman–Crippen MR) is 108 cm³/mol. The van der Waals surface area contributed by atoms with Gasteiger partial charge in [0.15, 0.2) is 0 Å². The summed E-state index contributed by atoms with van der Waals surface area (Å²) in [6, 6.07) is 12.0. The number of fused-ring (bicyclic) bond motifs is 1. The van der Waals surface area contributed by atoms with Gasteiger partial charge in [0.2, 0.25) is 5.91 Å². The lowest BCUT2D eigenvalue weighted by molar-refractivity contribution is -0.120. The SMILES string of the molecule is Cc1nc(-c2ccc(CC(=O)NCc3cn4cccc(C)c4n3)cc2)cs1. The normalized spacial score (nSPS) is 11.0. The van der Waals surface area contributed by atoms with Crippen LogP contribution in [0.4, 0.5) is 0 Å². The van der Waals surface area contributed by atoms with E-state index in [-0.39, 0.29) is 5.91 Å². The van der Waals surface area contributed by atoms with Gasteiger partial charge in [-0.3, -0.25) is 4.79 Å². The van der Waals surface area contributed by atoms with E-state index in [9.17, 15) is 4.79 Å². The van der Waals surface area contributed by atoms with Crippen LogP contribution in [-0.4, -0.2) is 20.3 Å². The molecule has 3 aromatic heterocycles. The monoisotopic (exact) mass is 376 g/mol. The number of carbonyl (C=O) groups excluding carboxylic acids is 1. The lowest BCUT2D eigenvalue weighted by atomic mass is 10.1. The second-order valence-corrected chi connectivity index (χ2v) is 7.62.